The molecule has 4 aromatic rings. The lowest BCUT2D eigenvalue weighted by atomic mass is 9.80. The molecule has 0 fully saturated rings. The summed E-state index contributed by atoms with van der Waals surface area (Å²) in [6.07, 6.45) is 0.781. The molecule has 1 heterocycles. The first-order valence-corrected chi connectivity index (χ1v) is 20.7. The van der Waals surface area contributed by atoms with Gasteiger partial charge in [-0.05, 0) is 75.6 Å². The van der Waals surface area contributed by atoms with E-state index in [9.17, 15) is 14.9 Å². The summed E-state index contributed by atoms with van der Waals surface area (Å²) >= 11 is 0. The zero-order valence-electron chi connectivity index (χ0n) is 31.9. The summed E-state index contributed by atoms with van der Waals surface area (Å²) in [6.45, 7) is 9.58. The lowest BCUT2D eigenvalue weighted by molar-refractivity contribution is 0.0351. The van der Waals surface area contributed by atoms with Gasteiger partial charge in [0.05, 0.1) is 46.5 Å². The summed E-state index contributed by atoms with van der Waals surface area (Å²) < 4.78 is 55.1. The first-order chi connectivity index (χ1) is 25.9. The summed E-state index contributed by atoms with van der Waals surface area (Å²) in [5, 5.41) is 9.21. The van der Waals surface area contributed by atoms with Crippen molar-refractivity contribution in [3.63, 3.8) is 0 Å². The number of nitrogens with one attached hydrogen (secondary N) is 1. The maximum atomic E-state index is 15.2. The molecule has 4 rings (SSSR count). The molecule has 54 heavy (non-hydrogen) atoms. The lowest BCUT2D eigenvalue weighted by Crippen LogP contribution is -2.35. The zero-order chi connectivity index (χ0) is 39.3. The monoisotopic (exact) mass is 780 g/mol. The van der Waals surface area contributed by atoms with Crippen LogP contribution >= 0.6 is 15.9 Å². The van der Waals surface area contributed by atoms with Crippen molar-refractivity contribution in [2.24, 2.45) is 0 Å². The standard InChI is InChI=1S/C39H50N4O9P2/c1-29(2)43(30(3)4)53(50-24-11-22-40)51-28-54(46,52-25-23-42-26-31(5)37(44)41-38(42)45)27-49-39(32-12-9-8-10-13-32,33-14-18-35(47-6)19-15-33)34-16-20-36(48-7)21-17-34/h8-10,12-21,26,29-30H,11,23-25,27-28H2,1-7H3,(H,41,44,45). The van der Waals surface area contributed by atoms with Crippen molar-refractivity contribution >= 4 is 15.9 Å². The smallest absolute Gasteiger partial charge is 0.328 e. The Morgan fingerprint density at radius 1 is 0.833 bits per heavy atom. The normalized spacial score (nSPS) is 13.5. The number of benzene rings is 3. The summed E-state index contributed by atoms with van der Waals surface area (Å²) in [5.41, 5.74) is 0.170. The number of aryl methyl sites for hydroxylation is 1. The van der Waals surface area contributed by atoms with E-state index < -0.39 is 45.4 Å². The highest BCUT2D eigenvalue weighted by molar-refractivity contribution is 7.59. The molecule has 0 aliphatic heterocycles. The largest absolute Gasteiger partial charge is 0.497 e. The molecule has 0 spiro atoms. The van der Waals surface area contributed by atoms with Crippen LogP contribution in [0.2, 0.25) is 0 Å². The minimum absolute atomic E-state index is 0.000904. The molecule has 2 atom stereocenters. The van der Waals surface area contributed by atoms with E-state index in [4.69, 9.17) is 27.8 Å². The van der Waals surface area contributed by atoms with Gasteiger partial charge in [0.1, 0.15) is 29.8 Å². The van der Waals surface area contributed by atoms with E-state index in [2.05, 4.69) is 11.1 Å². The third-order valence-corrected chi connectivity index (χ3v) is 12.5. The number of ether oxygens (including phenoxy) is 3. The summed E-state index contributed by atoms with van der Waals surface area (Å²) in [6, 6.07) is 26.6. The van der Waals surface area contributed by atoms with E-state index in [1.807, 2.05) is 111 Å². The van der Waals surface area contributed by atoms with Crippen LogP contribution in [0, 0.1) is 18.3 Å². The minimum atomic E-state index is -3.91. The number of aromatic amines is 1. The van der Waals surface area contributed by atoms with Crippen LogP contribution < -0.4 is 20.7 Å². The van der Waals surface area contributed by atoms with Gasteiger partial charge in [0, 0.05) is 23.8 Å². The number of hydrogen-bond donors (Lipinski definition) is 1. The molecule has 0 saturated carbocycles. The third-order valence-electron chi connectivity index (χ3n) is 8.53. The van der Waals surface area contributed by atoms with Crippen LogP contribution in [-0.2, 0) is 35.0 Å². The van der Waals surface area contributed by atoms with Crippen molar-refractivity contribution in [3.05, 3.63) is 128 Å². The molecule has 15 heteroatoms. The average molecular weight is 781 g/mol. The molecule has 1 aromatic heterocycles. The second kappa shape index (κ2) is 20.0. The Hall–Kier alpha value is -4.11. The molecule has 2 unspecified atom stereocenters. The number of nitriles is 1. The first-order valence-electron chi connectivity index (χ1n) is 17.6. The molecule has 0 bridgehead atoms. The SMILES string of the molecule is COc1ccc(C(OCP(=O)(COP(OCCC#N)N(C(C)C)C(C)C)OCCn2cc(C)c(=O)[nH]c2=O)(c2ccccc2)c2ccc(OC)cc2)cc1. The second-order valence-electron chi connectivity index (χ2n) is 13.0. The number of rotatable bonds is 21. The maximum absolute atomic E-state index is 15.2. The molecule has 290 valence electrons. The molecule has 13 nitrogen and oxygen atoms in total. The molecule has 0 amide bonds. The fourth-order valence-electron chi connectivity index (χ4n) is 5.92. The van der Waals surface area contributed by atoms with Gasteiger partial charge in [0.15, 0.2) is 0 Å². The molecular formula is C39H50N4O9P2. The highest BCUT2D eigenvalue weighted by atomic mass is 31.2. The van der Waals surface area contributed by atoms with Gasteiger partial charge in [0.2, 0.25) is 0 Å². The summed E-state index contributed by atoms with van der Waals surface area (Å²) in [4.78, 5) is 26.9. The van der Waals surface area contributed by atoms with Gasteiger partial charge in [-0.3, -0.25) is 18.9 Å². The number of H-pyrrole nitrogens is 1. The molecule has 1 N–H and O–H groups in total. The van der Waals surface area contributed by atoms with E-state index in [1.54, 1.807) is 21.1 Å². The van der Waals surface area contributed by atoms with E-state index in [1.165, 1.54) is 10.8 Å². The van der Waals surface area contributed by atoms with Crippen molar-refractivity contribution in [1.82, 2.24) is 14.2 Å². The number of hydrogen-bond acceptors (Lipinski definition) is 11. The third kappa shape index (κ3) is 10.8. The van der Waals surface area contributed by atoms with E-state index >= 15 is 4.57 Å². The predicted octanol–water partition coefficient (Wildman–Crippen LogP) is 7.37. The quantitative estimate of drug-likeness (QED) is 0.0512. The Morgan fingerprint density at radius 3 is 1.91 bits per heavy atom. The first kappa shape index (κ1) is 42.6. The highest BCUT2D eigenvalue weighted by Crippen LogP contribution is 2.56. The van der Waals surface area contributed by atoms with Crippen molar-refractivity contribution in [2.75, 3.05) is 40.1 Å². The number of nitrogens with zero attached hydrogens (tertiary/aromatic N) is 3. The van der Waals surface area contributed by atoms with Crippen LogP contribution in [0.25, 0.3) is 0 Å². The van der Waals surface area contributed by atoms with Crippen LogP contribution in [0.1, 0.15) is 56.4 Å². The molecule has 0 aliphatic rings. The van der Waals surface area contributed by atoms with Gasteiger partial charge >= 0.3 is 5.69 Å². The van der Waals surface area contributed by atoms with Crippen LogP contribution in [0.4, 0.5) is 0 Å². The maximum Gasteiger partial charge on any atom is 0.328 e. The Kier molecular flexibility index (Phi) is 15.8. The van der Waals surface area contributed by atoms with E-state index in [0.29, 0.717) is 17.1 Å². The number of aromatic nitrogens is 2. The average Bonchev–Trinajstić information content (AvgIpc) is 3.16. The molecule has 0 aliphatic carbocycles. The fraction of sp³-hybridized carbons (Fsp3) is 0.410. The molecular weight excluding hydrogens is 730 g/mol. The highest BCUT2D eigenvalue weighted by Gasteiger charge is 2.41. The molecule has 3 aromatic carbocycles. The van der Waals surface area contributed by atoms with Gasteiger partial charge in [0.25, 0.3) is 21.5 Å². The van der Waals surface area contributed by atoms with Crippen molar-refractivity contribution < 1.29 is 32.3 Å². The Bertz CT molecular complexity index is 1920. The predicted molar refractivity (Wildman–Crippen MR) is 209 cm³/mol. The lowest BCUT2D eigenvalue weighted by Gasteiger charge is -2.38. The second-order valence-corrected chi connectivity index (χ2v) is 16.9. The summed E-state index contributed by atoms with van der Waals surface area (Å²) in [7, 11) is -2.51. The fourth-order valence-corrected chi connectivity index (χ4v) is 9.39. The van der Waals surface area contributed by atoms with Crippen molar-refractivity contribution in [1.29, 1.82) is 5.26 Å². The van der Waals surface area contributed by atoms with E-state index in [-0.39, 0.29) is 38.3 Å². The van der Waals surface area contributed by atoms with Crippen molar-refractivity contribution in [2.45, 2.75) is 65.3 Å². The molecule has 0 radical (unpaired) electrons. The van der Waals surface area contributed by atoms with E-state index in [0.717, 1.165) is 16.7 Å². The van der Waals surface area contributed by atoms with Crippen LogP contribution in [0.5, 0.6) is 11.5 Å². The molecule has 0 saturated heterocycles. The zero-order valence-corrected chi connectivity index (χ0v) is 33.7. The van der Waals surface area contributed by atoms with Gasteiger partial charge in [-0.2, -0.15) is 5.26 Å². The van der Waals surface area contributed by atoms with Gasteiger partial charge < -0.3 is 27.8 Å². The van der Waals surface area contributed by atoms with Crippen molar-refractivity contribution in [3.8, 4) is 17.6 Å². The van der Waals surface area contributed by atoms with Crippen LogP contribution in [0.3, 0.4) is 0 Å². The Morgan fingerprint density at radius 2 is 1.39 bits per heavy atom. The Labute approximate surface area is 318 Å². The van der Waals surface area contributed by atoms with Crippen LogP contribution in [0.15, 0.2) is 94.6 Å². The minimum Gasteiger partial charge on any atom is -0.497 e. The summed E-state index contributed by atoms with van der Waals surface area (Å²) in [5.74, 6) is 1.30. The van der Waals surface area contributed by atoms with Gasteiger partial charge in [-0.15, -0.1) is 0 Å². The van der Waals surface area contributed by atoms with Gasteiger partial charge in [-0.25, -0.2) is 9.46 Å². The van der Waals surface area contributed by atoms with Gasteiger partial charge in [-0.1, -0.05) is 54.6 Å². The van der Waals surface area contributed by atoms with Crippen LogP contribution in [-0.4, -0.2) is 66.4 Å². The topological polar surface area (TPSA) is 154 Å². The number of methoxy groups -OCH3 is 2. The Balaban J connectivity index is 1.79.